The molecule has 1 amide bonds. The number of aromatic amines is 1. The molecule has 0 aliphatic carbocycles. The Labute approximate surface area is 134 Å². The summed E-state index contributed by atoms with van der Waals surface area (Å²) < 4.78 is 0.725. The number of amides is 1. The summed E-state index contributed by atoms with van der Waals surface area (Å²) in [6.07, 6.45) is 1.67. The Balaban J connectivity index is 1.95. The van der Waals surface area contributed by atoms with Crippen LogP contribution in [0.25, 0.3) is 10.9 Å². The lowest BCUT2D eigenvalue weighted by molar-refractivity contribution is 0.102. The van der Waals surface area contributed by atoms with Crippen LogP contribution in [-0.2, 0) is 0 Å². The van der Waals surface area contributed by atoms with Crippen molar-refractivity contribution in [1.82, 2.24) is 4.98 Å². The van der Waals surface area contributed by atoms with E-state index in [1.165, 1.54) is 0 Å². The van der Waals surface area contributed by atoms with Gasteiger partial charge in [-0.1, -0.05) is 11.6 Å². The number of aromatic nitrogens is 1. The van der Waals surface area contributed by atoms with Crippen LogP contribution in [0.3, 0.4) is 0 Å². The molecule has 106 valence electrons. The van der Waals surface area contributed by atoms with Crippen molar-refractivity contribution in [2.75, 3.05) is 11.1 Å². The number of H-pyrrole nitrogens is 1. The molecule has 4 N–H and O–H groups in total. The number of hydrogen-bond acceptors (Lipinski definition) is 2. The number of fused-ring (bicyclic) bond motifs is 1. The second-order valence-electron chi connectivity index (χ2n) is 4.59. The molecule has 3 aromatic rings. The molecule has 21 heavy (non-hydrogen) atoms. The van der Waals surface area contributed by atoms with Crippen LogP contribution in [0, 0.1) is 0 Å². The first-order valence-corrected chi connectivity index (χ1v) is 7.35. The second-order valence-corrected chi connectivity index (χ2v) is 5.88. The number of carbonyl (C=O) groups excluding carboxylic acids is 1. The molecular weight excluding hydrogens is 354 g/mol. The van der Waals surface area contributed by atoms with Crippen LogP contribution in [-0.4, -0.2) is 10.9 Å². The third-order valence-corrected chi connectivity index (χ3v) is 4.02. The summed E-state index contributed by atoms with van der Waals surface area (Å²) in [6.45, 7) is 0. The van der Waals surface area contributed by atoms with Crippen molar-refractivity contribution in [3.8, 4) is 0 Å². The molecule has 0 bridgehead atoms. The van der Waals surface area contributed by atoms with Gasteiger partial charge in [0.05, 0.1) is 11.3 Å². The molecule has 0 saturated heterocycles. The van der Waals surface area contributed by atoms with Crippen LogP contribution in [0.2, 0.25) is 5.02 Å². The van der Waals surface area contributed by atoms with E-state index in [4.69, 9.17) is 17.3 Å². The predicted octanol–water partition coefficient (Wildman–Crippen LogP) is 4.42. The van der Waals surface area contributed by atoms with Gasteiger partial charge in [-0.3, -0.25) is 4.79 Å². The SMILES string of the molecule is Nc1ccc2[nH]cc(C(=O)Nc3ccc(Cl)cc3Br)c2c1. The van der Waals surface area contributed by atoms with E-state index in [0.29, 0.717) is 22.0 Å². The zero-order chi connectivity index (χ0) is 15.0. The zero-order valence-corrected chi connectivity index (χ0v) is 13.1. The molecule has 0 fully saturated rings. The molecule has 0 aliphatic heterocycles. The number of carbonyl (C=O) groups is 1. The van der Waals surface area contributed by atoms with Gasteiger partial charge < -0.3 is 16.0 Å². The quantitative estimate of drug-likeness (QED) is 0.589. The van der Waals surface area contributed by atoms with E-state index in [-0.39, 0.29) is 5.91 Å². The van der Waals surface area contributed by atoms with Gasteiger partial charge in [0.25, 0.3) is 5.91 Å². The highest BCUT2D eigenvalue weighted by Gasteiger charge is 2.13. The summed E-state index contributed by atoms with van der Waals surface area (Å²) in [5.41, 5.74) is 8.45. The van der Waals surface area contributed by atoms with Crippen LogP contribution < -0.4 is 11.1 Å². The number of halogens is 2. The molecule has 1 aromatic heterocycles. The Morgan fingerprint density at radius 2 is 2.05 bits per heavy atom. The Bertz CT molecular complexity index is 844. The zero-order valence-electron chi connectivity index (χ0n) is 10.8. The third kappa shape index (κ3) is 2.75. The fourth-order valence-corrected chi connectivity index (χ4v) is 2.89. The highest BCUT2D eigenvalue weighted by Crippen LogP contribution is 2.27. The van der Waals surface area contributed by atoms with Gasteiger partial charge in [0.15, 0.2) is 0 Å². The van der Waals surface area contributed by atoms with Gasteiger partial charge >= 0.3 is 0 Å². The van der Waals surface area contributed by atoms with Crippen molar-refractivity contribution < 1.29 is 4.79 Å². The van der Waals surface area contributed by atoms with E-state index in [9.17, 15) is 4.79 Å². The summed E-state index contributed by atoms with van der Waals surface area (Å²) in [7, 11) is 0. The fourth-order valence-electron chi connectivity index (χ4n) is 2.11. The maximum Gasteiger partial charge on any atom is 0.257 e. The number of benzene rings is 2. The van der Waals surface area contributed by atoms with Gasteiger partial charge in [-0.05, 0) is 52.3 Å². The summed E-state index contributed by atoms with van der Waals surface area (Å²) in [6, 6.07) is 10.6. The normalized spacial score (nSPS) is 10.8. The van der Waals surface area contributed by atoms with Crippen LogP contribution in [0.1, 0.15) is 10.4 Å². The molecule has 1 heterocycles. The molecule has 0 aliphatic rings. The molecule has 0 atom stereocenters. The van der Waals surface area contributed by atoms with Gasteiger partial charge in [0.1, 0.15) is 0 Å². The topological polar surface area (TPSA) is 70.9 Å². The molecule has 0 spiro atoms. The van der Waals surface area contributed by atoms with Gasteiger partial charge in [0, 0.05) is 32.3 Å². The van der Waals surface area contributed by atoms with Crippen LogP contribution in [0.5, 0.6) is 0 Å². The number of nitrogens with two attached hydrogens (primary N) is 1. The standard InChI is InChI=1S/C15H11BrClN3O/c16-12-5-8(17)1-3-14(12)20-15(21)11-7-19-13-4-2-9(18)6-10(11)13/h1-7,19H,18H2,(H,20,21). The Kier molecular flexibility index (Phi) is 3.61. The lowest BCUT2D eigenvalue weighted by atomic mass is 10.1. The highest BCUT2D eigenvalue weighted by atomic mass is 79.9. The van der Waals surface area contributed by atoms with Crippen molar-refractivity contribution in [2.45, 2.75) is 0 Å². The first-order chi connectivity index (χ1) is 10.0. The maximum atomic E-state index is 12.4. The lowest BCUT2D eigenvalue weighted by Gasteiger charge is -2.07. The minimum atomic E-state index is -0.213. The van der Waals surface area contributed by atoms with E-state index < -0.39 is 0 Å². The molecule has 3 rings (SSSR count). The summed E-state index contributed by atoms with van der Waals surface area (Å²) in [4.78, 5) is 15.5. The Morgan fingerprint density at radius 3 is 2.81 bits per heavy atom. The minimum absolute atomic E-state index is 0.213. The van der Waals surface area contributed by atoms with Crippen molar-refractivity contribution in [1.29, 1.82) is 0 Å². The van der Waals surface area contributed by atoms with Crippen molar-refractivity contribution in [3.05, 3.63) is 57.7 Å². The first-order valence-electron chi connectivity index (χ1n) is 6.17. The first kappa shape index (κ1) is 14.0. The molecule has 6 heteroatoms. The van der Waals surface area contributed by atoms with Crippen molar-refractivity contribution in [2.24, 2.45) is 0 Å². The van der Waals surface area contributed by atoms with E-state index in [1.54, 1.807) is 36.5 Å². The maximum absolute atomic E-state index is 12.4. The summed E-state index contributed by atoms with van der Waals surface area (Å²) in [5.74, 6) is -0.213. The molecule has 2 aromatic carbocycles. The Hall–Kier alpha value is -1.98. The summed E-state index contributed by atoms with van der Waals surface area (Å²) >= 11 is 9.26. The minimum Gasteiger partial charge on any atom is -0.399 e. The fraction of sp³-hybridized carbons (Fsp3) is 0. The number of anilines is 2. The second kappa shape index (κ2) is 5.42. The van der Waals surface area contributed by atoms with Gasteiger partial charge in [0.2, 0.25) is 0 Å². The van der Waals surface area contributed by atoms with E-state index in [0.717, 1.165) is 15.4 Å². The van der Waals surface area contributed by atoms with Crippen molar-refractivity contribution >= 4 is 55.7 Å². The molecule has 0 radical (unpaired) electrons. The van der Waals surface area contributed by atoms with Crippen LogP contribution >= 0.6 is 27.5 Å². The average molecular weight is 365 g/mol. The van der Waals surface area contributed by atoms with Crippen molar-refractivity contribution in [3.63, 3.8) is 0 Å². The van der Waals surface area contributed by atoms with Gasteiger partial charge in [-0.25, -0.2) is 0 Å². The molecule has 4 nitrogen and oxygen atoms in total. The number of rotatable bonds is 2. The lowest BCUT2D eigenvalue weighted by Crippen LogP contribution is -2.11. The molecular formula is C15H11BrClN3O. The van der Waals surface area contributed by atoms with Crippen LogP contribution in [0.4, 0.5) is 11.4 Å². The Morgan fingerprint density at radius 1 is 1.24 bits per heavy atom. The van der Waals surface area contributed by atoms with E-state index in [2.05, 4.69) is 26.2 Å². The van der Waals surface area contributed by atoms with E-state index in [1.807, 2.05) is 6.07 Å². The number of nitrogen functional groups attached to an aromatic ring is 1. The largest absolute Gasteiger partial charge is 0.399 e. The number of hydrogen-bond donors (Lipinski definition) is 3. The monoisotopic (exact) mass is 363 g/mol. The van der Waals surface area contributed by atoms with Crippen LogP contribution in [0.15, 0.2) is 47.1 Å². The third-order valence-electron chi connectivity index (χ3n) is 3.13. The number of nitrogens with one attached hydrogen (secondary N) is 2. The van der Waals surface area contributed by atoms with Gasteiger partial charge in [-0.2, -0.15) is 0 Å². The molecule has 0 saturated carbocycles. The smallest absolute Gasteiger partial charge is 0.257 e. The summed E-state index contributed by atoms with van der Waals surface area (Å²) in [5, 5.41) is 4.23. The highest BCUT2D eigenvalue weighted by molar-refractivity contribution is 9.10. The predicted molar refractivity (Wildman–Crippen MR) is 89.8 cm³/mol. The van der Waals surface area contributed by atoms with Gasteiger partial charge in [-0.15, -0.1) is 0 Å². The average Bonchev–Trinajstić information content (AvgIpc) is 2.85. The molecule has 0 unspecified atom stereocenters. The van der Waals surface area contributed by atoms with E-state index >= 15 is 0 Å².